The van der Waals surface area contributed by atoms with E-state index >= 15 is 0 Å². The quantitative estimate of drug-likeness (QED) is 0.874. The summed E-state index contributed by atoms with van der Waals surface area (Å²) in [6, 6.07) is 14.4. The van der Waals surface area contributed by atoms with Gasteiger partial charge in [-0.15, -0.1) is 0 Å². The lowest BCUT2D eigenvalue weighted by Crippen LogP contribution is -2.33. The van der Waals surface area contributed by atoms with Crippen molar-refractivity contribution in [3.63, 3.8) is 0 Å². The van der Waals surface area contributed by atoms with Crippen LogP contribution in [0.1, 0.15) is 24.3 Å². The fourth-order valence-electron chi connectivity index (χ4n) is 2.60. The first kappa shape index (κ1) is 12.0. The first-order valence-corrected chi connectivity index (χ1v) is 6.52. The Labute approximate surface area is 111 Å². The van der Waals surface area contributed by atoms with Crippen LogP contribution in [0, 0.1) is 5.82 Å². The third-order valence-corrected chi connectivity index (χ3v) is 3.68. The normalized spacial score (nSPS) is 21.7. The van der Waals surface area contributed by atoms with Crippen molar-refractivity contribution in [1.29, 1.82) is 0 Å². The summed E-state index contributed by atoms with van der Waals surface area (Å²) in [4.78, 5) is 0. The summed E-state index contributed by atoms with van der Waals surface area (Å²) in [7, 11) is 0. The molecule has 19 heavy (non-hydrogen) atoms. The molecule has 3 rings (SSSR count). The van der Waals surface area contributed by atoms with Crippen LogP contribution in [-0.4, -0.2) is 11.1 Å². The molecule has 2 aromatic rings. The summed E-state index contributed by atoms with van der Waals surface area (Å²) < 4.78 is 13.1. The number of phenolic OH excluding ortho intramolecular Hbond substituents is 1. The molecule has 0 bridgehead atoms. The molecule has 0 saturated heterocycles. The second kappa shape index (κ2) is 4.92. The molecule has 0 radical (unpaired) electrons. The number of anilines is 1. The van der Waals surface area contributed by atoms with Crippen molar-refractivity contribution in [2.24, 2.45) is 0 Å². The third-order valence-electron chi connectivity index (χ3n) is 3.68. The number of hydrogen-bond donors (Lipinski definition) is 2. The maximum absolute atomic E-state index is 13.1. The molecule has 1 saturated carbocycles. The van der Waals surface area contributed by atoms with Gasteiger partial charge < -0.3 is 10.4 Å². The molecule has 3 heteroatoms. The molecule has 0 amide bonds. The zero-order chi connectivity index (χ0) is 13.2. The maximum Gasteiger partial charge on any atom is 0.123 e. The first-order valence-electron chi connectivity index (χ1n) is 6.52. The summed E-state index contributed by atoms with van der Waals surface area (Å²) in [5.41, 5.74) is 2.01. The van der Waals surface area contributed by atoms with E-state index in [0.717, 1.165) is 24.1 Å². The van der Waals surface area contributed by atoms with Crippen LogP contribution in [-0.2, 0) is 0 Å². The van der Waals surface area contributed by atoms with Crippen molar-refractivity contribution in [1.82, 2.24) is 0 Å². The highest BCUT2D eigenvalue weighted by atomic mass is 19.1. The van der Waals surface area contributed by atoms with E-state index in [0.29, 0.717) is 12.0 Å². The minimum atomic E-state index is -0.165. The monoisotopic (exact) mass is 257 g/mol. The summed E-state index contributed by atoms with van der Waals surface area (Å²) in [6.45, 7) is 0. The van der Waals surface area contributed by atoms with Crippen molar-refractivity contribution in [3.05, 3.63) is 59.9 Å². The standard InChI is InChI=1S/C16H16FNO/c17-13-4-1-3-11(7-13)12-8-15(9-12)18-14-5-2-6-16(19)10-14/h1-7,10,12,15,18-19H,8-9H2. The fourth-order valence-corrected chi connectivity index (χ4v) is 2.60. The van der Waals surface area contributed by atoms with Crippen molar-refractivity contribution in [3.8, 4) is 5.75 Å². The number of halogens is 1. The summed E-state index contributed by atoms with van der Waals surface area (Å²) in [5, 5.41) is 12.8. The van der Waals surface area contributed by atoms with E-state index in [2.05, 4.69) is 5.32 Å². The van der Waals surface area contributed by atoms with Crippen LogP contribution in [0.4, 0.5) is 10.1 Å². The van der Waals surface area contributed by atoms with Crippen LogP contribution in [0.25, 0.3) is 0 Å². The van der Waals surface area contributed by atoms with Gasteiger partial charge in [0.15, 0.2) is 0 Å². The number of nitrogens with one attached hydrogen (secondary N) is 1. The molecule has 1 aliphatic carbocycles. The highest BCUT2D eigenvalue weighted by Gasteiger charge is 2.30. The molecule has 1 aliphatic rings. The molecular formula is C16H16FNO. The SMILES string of the molecule is Oc1cccc(NC2CC(c3cccc(F)c3)C2)c1. The van der Waals surface area contributed by atoms with Gasteiger partial charge in [0.2, 0.25) is 0 Å². The Morgan fingerprint density at radius 1 is 1.05 bits per heavy atom. The van der Waals surface area contributed by atoms with E-state index in [-0.39, 0.29) is 11.6 Å². The lowest BCUT2D eigenvalue weighted by Gasteiger charge is -2.37. The van der Waals surface area contributed by atoms with E-state index in [1.165, 1.54) is 6.07 Å². The molecule has 98 valence electrons. The minimum Gasteiger partial charge on any atom is -0.508 e. The van der Waals surface area contributed by atoms with Gasteiger partial charge in [0.05, 0.1) is 0 Å². The largest absolute Gasteiger partial charge is 0.508 e. The minimum absolute atomic E-state index is 0.165. The van der Waals surface area contributed by atoms with Gasteiger partial charge in [0, 0.05) is 17.8 Å². The number of phenols is 1. The fraction of sp³-hybridized carbons (Fsp3) is 0.250. The zero-order valence-corrected chi connectivity index (χ0v) is 10.5. The molecule has 2 N–H and O–H groups in total. The molecular weight excluding hydrogens is 241 g/mol. The van der Waals surface area contributed by atoms with Gasteiger partial charge in [-0.2, -0.15) is 0 Å². The number of benzene rings is 2. The van der Waals surface area contributed by atoms with Gasteiger partial charge in [0.25, 0.3) is 0 Å². The molecule has 0 spiro atoms. The first-order chi connectivity index (χ1) is 9.20. The maximum atomic E-state index is 13.1. The van der Waals surface area contributed by atoms with Crippen molar-refractivity contribution < 1.29 is 9.50 Å². The summed E-state index contributed by atoms with van der Waals surface area (Å²) in [5.74, 6) is 0.540. The Bertz CT molecular complexity index is 578. The van der Waals surface area contributed by atoms with E-state index in [4.69, 9.17) is 0 Å². The number of hydrogen-bond acceptors (Lipinski definition) is 2. The molecule has 2 aromatic carbocycles. The second-order valence-corrected chi connectivity index (χ2v) is 5.11. The van der Waals surface area contributed by atoms with E-state index in [1.54, 1.807) is 24.3 Å². The Balaban J connectivity index is 1.58. The second-order valence-electron chi connectivity index (χ2n) is 5.11. The van der Waals surface area contributed by atoms with Gasteiger partial charge in [-0.25, -0.2) is 4.39 Å². The molecule has 0 atom stereocenters. The predicted octanol–water partition coefficient (Wildman–Crippen LogP) is 3.89. The van der Waals surface area contributed by atoms with Gasteiger partial charge in [-0.05, 0) is 48.6 Å². The van der Waals surface area contributed by atoms with Crippen LogP contribution in [0.5, 0.6) is 5.75 Å². The molecule has 0 unspecified atom stereocenters. The van der Waals surface area contributed by atoms with Crippen LogP contribution >= 0.6 is 0 Å². The van der Waals surface area contributed by atoms with Gasteiger partial charge >= 0.3 is 0 Å². The molecule has 0 heterocycles. The average molecular weight is 257 g/mol. The van der Waals surface area contributed by atoms with Gasteiger partial charge in [-0.1, -0.05) is 18.2 Å². The highest BCUT2D eigenvalue weighted by molar-refractivity contribution is 5.49. The van der Waals surface area contributed by atoms with Crippen molar-refractivity contribution >= 4 is 5.69 Å². The summed E-state index contributed by atoms with van der Waals surface area (Å²) >= 11 is 0. The Morgan fingerprint density at radius 3 is 2.58 bits per heavy atom. The van der Waals surface area contributed by atoms with E-state index in [9.17, 15) is 9.50 Å². The molecule has 2 nitrogen and oxygen atoms in total. The molecule has 0 aliphatic heterocycles. The topological polar surface area (TPSA) is 32.3 Å². The average Bonchev–Trinajstić information content (AvgIpc) is 2.33. The van der Waals surface area contributed by atoms with Crippen molar-refractivity contribution in [2.75, 3.05) is 5.32 Å². The Hall–Kier alpha value is -2.03. The van der Waals surface area contributed by atoms with Crippen LogP contribution in [0.15, 0.2) is 48.5 Å². The predicted molar refractivity (Wildman–Crippen MR) is 73.9 cm³/mol. The molecule has 0 aromatic heterocycles. The van der Waals surface area contributed by atoms with Gasteiger partial charge in [0.1, 0.15) is 11.6 Å². The number of rotatable bonds is 3. The van der Waals surface area contributed by atoms with E-state index in [1.807, 2.05) is 18.2 Å². The van der Waals surface area contributed by atoms with E-state index < -0.39 is 0 Å². The van der Waals surface area contributed by atoms with Crippen molar-refractivity contribution in [2.45, 2.75) is 24.8 Å². The van der Waals surface area contributed by atoms with Crippen LogP contribution in [0.3, 0.4) is 0 Å². The molecule has 1 fully saturated rings. The van der Waals surface area contributed by atoms with Crippen LogP contribution < -0.4 is 5.32 Å². The number of aromatic hydroxyl groups is 1. The van der Waals surface area contributed by atoms with Gasteiger partial charge in [-0.3, -0.25) is 0 Å². The Kier molecular flexibility index (Phi) is 3.11. The lowest BCUT2D eigenvalue weighted by molar-refractivity contribution is 0.373. The summed E-state index contributed by atoms with van der Waals surface area (Å²) in [6.07, 6.45) is 2.00. The van der Waals surface area contributed by atoms with Crippen LogP contribution in [0.2, 0.25) is 0 Å². The third kappa shape index (κ3) is 2.70. The highest BCUT2D eigenvalue weighted by Crippen LogP contribution is 2.38. The lowest BCUT2D eigenvalue weighted by atomic mass is 9.76. The zero-order valence-electron chi connectivity index (χ0n) is 10.5. The Morgan fingerprint density at radius 2 is 1.84 bits per heavy atom. The smallest absolute Gasteiger partial charge is 0.123 e.